The maximum absolute atomic E-state index is 15.9. The number of rotatable bonds is 5. The Hall–Kier alpha value is -3.72. The minimum Gasteiger partial charge on any atom is -0.507 e. The van der Waals surface area contributed by atoms with Gasteiger partial charge in [0, 0.05) is 49.7 Å². The van der Waals surface area contributed by atoms with Crippen molar-refractivity contribution in [2.45, 2.75) is 6.92 Å². The lowest BCUT2D eigenvalue weighted by atomic mass is 9.96. The van der Waals surface area contributed by atoms with Crippen molar-refractivity contribution in [1.82, 2.24) is 9.88 Å². The molecule has 0 spiro atoms. The number of anilines is 2. The highest BCUT2D eigenvalue weighted by Crippen LogP contribution is 2.45. The fourth-order valence-corrected chi connectivity index (χ4v) is 4.63. The molecule has 1 fully saturated rings. The van der Waals surface area contributed by atoms with E-state index in [0.29, 0.717) is 54.1 Å². The third-order valence-electron chi connectivity index (χ3n) is 6.06. The lowest BCUT2D eigenvalue weighted by Crippen LogP contribution is -2.48. The van der Waals surface area contributed by atoms with E-state index in [1.807, 2.05) is 4.90 Å². The van der Waals surface area contributed by atoms with Crippen molar-refractivity contribution in [2.24, 2.45) is 5.29 Å². The number of piperazine rings is 1. The second-order valence-corrected chi connectivity index (χ2v) is 8.43. The molecule has 1 aliphatic rings. The molecule has 10 heteroatoms. The first-order valence-electron chi connectivity index (χ1n) is 10.6. The Morgan fingerprint density at radius 1 is 1.29 bits per heavy atom. The first-order valence-corrected chi connectivity index (χ1v) is 11.0. The summed E-state index contributed by atoms with van der Waals surface area (Å²) in [6.45, 7) is 7.02. The molecule has 0 saturated carbocycles. The number of phenolic OH excluding ortho intramolecular Hbond substituents is 1. The van der Waals surface area contributed by atoms with Gasteiger partial charge in [-0.05, 0) is 30.7 Å². The van der Waals surface area contributed by atoms with Crippen molar-refractivity contribution >= 4 is 39.8 Å². The van der Waals surface area contributed by atoms with Crippen molar-refractivity contribution < 1.29 is 14.3 Å². The van der Waals surface area contributed by atoms with Crippen LogP contribution in [0.2, 0.25) is 5.02 Å². The fraction of sp³-hybridized carbons (Fsp3) is 0.250. The number of hydrogen-bond donors (Lipinski definition) is 1. The average Bonchev–Trinajstić information content (AvgIpc) is 2.84. The number of carbonyl (C=O) groups excluding carboxylic acids is 1. The van der Waals surface area contributed by atoms with E-state index < -0.39 is 5.82 Å². The van der Waals surface area contributed by atoms with Crippen LogP contribution < -0.4 is 9.91 Å². The second kappa shape index (κ2) is 9.26. The standard InChI is InChI=1S/C24H23ClFN5O3/c1-4-19(33)30-8-10-31(11-9-30)24-15-12-16(25)21(20-14(2)6-5-7-18(20)32)22(26)23(15)27-13-17(24)29(3)28-34/h4-7,12-13,32H,1,8-11H2,2-3H3. The molecule has 0 aliphatic carbocycles. The van der Waals surface area contributed by atoms with Crippen LogP contribution in [0.15, 0.2) is 48.4 Å². The SMILES string of the molecule is C=CC(=O)N1CCN(c2c(N(C)N=O)cnc3c(F)c(-c4c(C)cccc4O)c(Cl)cc23)CC1. The Kier molecular flexibility index (Phi) is 6.39. The van der Waals surface area contributed by atoms with Crippen LogP contribution >= 0.6 is 11.6 Å². The average molecular weight is 484 g/mol. The third kappa shape index (κ3) is 3.92. The van der Waals surface area contributed by atoms with Crippen LogP contribution in [0.4, 0.5) is 15.8 Å². The first-order chi connectivity index (χ1) is 16.3. The second-order valence-electron chi connectivity index (χ2n) is 8.03. The minimum absolute atomic E-state index is 0.0460. The number of amides is 1. The van der Waals surface area contributed by atoms with Crippen LogP contribution in [0.3, 0.4) is 0 Å². The molecule has 0 radical (unpaired) electrons. The summed E-state index contributed by atoms with van der Waals surface area (Å²) < 4.78 is 15.9. The third-order valence-corrected chi connectivity index (χ3v) is 6.36. The van der Waals surface area contributed by atoms with Gasteiger partial charge in [0.15, 0.2) is 5.82 Å². The minimum atomic E-state index is -0.679. The Labute approximate surface area is 200 Å². The maximum Gasteiger partial charge on any atom is 0.246 e. The van der Waals surface area contributed by atoms with E-state index in [2.05, 4.69) is 16.8 Å². The summed E-state index contributed by atoms with van der Waals surface area (Å²) in [4.78, 5) is 31.2. The van der Waals surface area contributed by atoms with Gasteiger partial charge in [-0.1, -0.05) is 30.3 Å². The largest absolute Gasteiger partial charge is 0.507 e. The number of hydrogen-bond acceptors (Lipinski definition) is 6. The summed E-state index contributed by atoms with van der Waals surface area (Å²) in [5.41, 5.74) is 1.98. The molecule has 1 amide bonds. The number of aryl methyl sites for hydroxylation is 1. The van der Waals surface area contributed by atoms with E-state index in [-0.39, 0.29) is 27.8 Å². The van der Waals surface area contributed by atoms with Gasteiger partial charge in [-0.15, -0.1) is 4.91 Å². The van der Waals surface area contributed by atoms with Crippen molar-refractivity contribution in [3.05, 3.63) is 64.4 Å². The van der Waals surface area contributed by atoms with Gasteiger partial charge in [0.2, 0.25) is 5.91 Å². The fourth-order valence-electron chi connectivity index (χ4n) is 4.34. The van der Waals surface area contributed by atoms with E-state index in [0.717, 1.165) is 5.01 Å². The monoisotopic (exact) mass is 483 g/mol. The molecule has 0 bridgehead atoms. The van der Waals surface area contributed by atoms with Crippen molar-refractivity contribution in [3.63, 3.8) is 0 Å². The summed E-state index contributed by atoms with van der Waals surface area (Å²) >= 11 is 6.59. The Morgan fingerprint density at radius 2 is 2.00 bits per heavy atom. The zero-order valence-corrected chi connectivity index (χ0v) is 19.5. The Balaban J connectivity index is 1.91. The molecular formula is C24H23ClFN5O3. The van der Waals surface area contributed by atoms with Crippen LogP contribution in [-0.2, 0) is 4.79 Å². The number of benzene rings is 2. The molecule has 8 nitrogen and oxygen atoms in total. The summed E-state index contributed by atoms with van der Waals surface area (Å²) in [5.74, 6) is -0.935. The van der Waals surface area contributed by atoms with Crippen LogP contribution in [-0.4, -0.2) is 54.1 Å². The van der Waals surface area contributed by atoms with Crippen LogP contribution in [0.5, 0.6) is 5.75 Å². The van der Waals surface area contributed by atoms with Gasteiger partial charge < -0.3 is 14.9 Å². The highest BCUT2D eigenvalue weighted by molar-refractivity contribution is 6.34. The Morgan fingerprint density at radius 3 is 2.62 bits per heavy atom. The number of aromatic nitrogens is 1. The van der Waals surface area contributed by atoms with Crippen LogP contribution in [0, 0.1) is 17.6 Å². The molecule has 1 aliphatic heterocycles. The first kappa shape index (κ1) is 23.4. The number of pyridine rings is 1. The van der Waals surface area contributed by atoms with Crippen LogP contribution in [0.25, 0.3) is 22.0 Å². The highest BCUT2D eigenvalue weighted by atomic mass is 35.5. The van der Waals surface area contributed by atoms with Crippen LogP contribution in [0.1, 0.15) is 5.56 Å². The van der Waals surface area contributed by atoms with E-state index in [9.17, 15) is 14.8 Å². The normalized spacial score (nSPS) is 13.8. The molecule has 2 heterocycles. The zero-order chi connectivity index (χ0) is 24.6. The lowest BCUT2D eigenvalue weighted by Gasteiger charge is -2.37. The number of nitroso groups, excluding NO2 is 1. The Bertz CT molecular complexity index is 1290. The van der Waals surface area contributed by atoms with Crippen molar-refractivity contribution in [3.8, 4) is 16.9 Å². The smallest absolute Gasteiger partial charge is 0.246 e. The number of aromatic hydroxyl groups is 1. The van der Waals surface area contributed by atoms with Gasteiger partial charge in [-0.25, -0.2) is 9.40 Å². The summed E-state index contributed by atoms with van der Waals surface area (Å²) in [5, 5.41) is 15.0. The predicted octanol–water partition coefficient (Wildman–Crippen LogP) is 4.66. The number of nitrogens with zero attached hydrogens (tertiary/aromatic N) is 5. The summed E-state index contributed by atoms with van der Waals surface area (Å²) in [7, 11) is 1.48. The predicted molar refractivity (Wildman–Crippen MR) is 132 cm³/mol. The molecule has 1 saturated heterocycles. The van der Waals surface area contributed by atoms with Crippen molar-refractivity contribution in [1.29, 1.82) is 0 Å². The molecule has 34 heavy (non-hydrogen) atoms. The van der Waals surface area contributed by atoms with Gasteiger partial charge in [-0.3, -0.25) is 9.78 Å². The molecule has 1 aromatic heterocycles. The number of carbonyl (C=O) groups is 1. The van der Waals surface area contributed by atoms with Gasteiger partial charge in [0.1, 0.15) is 17.0 Å². The number of fused-ring (bicyclic) bond motifs is 1. The van der Waals surface area contributed by atoms with Gasteiger partial charge in [-0.2, -0.15) is 0 Å². The molecule has 1 N–H and O–H groups in total. The van der Waals surface area contributed by atoms with E-state index in [1.165, 1.54) is 25.4 Å². The van der Waals surface area contributed by atoms with Gasteiger partial charge in [0.25, 0.3) is 0 Å². The molecule has 3 aromatic rings. The quantitative estimate of drug-likeness (QED) is 0.322. The zero-order valence-electron chi connectivity index (χ0n) is 18.8. The maximum atomic E-state index is 15.9. The molecule has 0 unspecified atom stereocenters. The topological polar surface area (TPSA) is 89.3 Å². The highest BCUT2D eigenvalue weighted by Gasteiger charge is 2.28. The molecule has 4 rings (SSSR count). The van der Waals surface area contributed by atoms with Crippen molar-refractivity contribution in [2.75, 3.05) is 43.1 Å². The molecular weight excluding hydrogens is 461 g/mol. The van der Waals surface area contributed by atoms with E-state index >= 15 is 4.39 Å². The van der Waals surface area contributed by atoms with Gasteiger partial charge in [0.05, 0.1) is 22.2 Å². The lowest BCUT2D eigenvalue weighted by molar-refractivity contribution is -0.126. The van der Waals surface area contributed by atoms with E-state index in [1.54, 1.807) is 30.0 Å². The van der Waals surface area contributed by atoms with Gasteiger partial charge >= 0.3 is 0 Å². The summed E-state index contributed by atoms with van der Waals surface area (Å²) in [6.07, 6.45) is 2.66. The van der Waals surface area contributed by atoms with E-state index in [4.69, 9.17) is 11.6 Å². The number of halogens is 2. The summed E-state index contributed by atoms with van der Waals surface area (Å²) in [6, 6.07) is 6.49. The molecule has 2 aromatic carbocycles. The number of phenols is 1. The molecule has 176 valence electrons. The molecule has 0 atom stereocenters.